The van der Waals surface area contributed by atoms with Gasteiger partial charge in [-0.1, -0.05) is 26.0 Å². The van der Waals surface area contributed by atoms with Gasteiger partial charge >= 0.3 is 0 Å². The first kappa shape index (κ1) is 33.4. The highest BCUT2D eigenvalue weighted by Crippen LogP contribution is 2.22. The Hall–Kier alpha value is -4.94. The Bertz CT molecular complexity index is 2010. The quantitative estimate of drug-likeness (QED) is 0.210. The van der Waals surface area contributed by atoms with Crippen LogP contribution in [-0.4, -0.2) is 74.1 Å². The summed E-state index contributed by atoms with van der Waals surface area (Å²) in [6.07, 6.45) is 3.01. The number of piperazine rings is 1. The molecule has 4 heterocycles. The van der Waals surface area contributed by atoms with Gasteiger partial charge in [-0.05, 0) is 73.2 Å². The third kappa shape index (κ3) is 7.23. The number of nitrogens with one attached hydrogen (secondary N) is 3. The molecule has 3 aromatic heterocycles. The molecule has 1 fully saturated rings. The predicted molar refractivity (Wildman–Crippen MR) is 184 cm³/mol. The SMILES string of the molecule is CCc1nc2ccc(CN3CCN(c4ccc(C(=O)NC)nc4)CC3)c(C)c2[nH]c1=O.CCc1nc2ccc(CO)c(C)c2[nH]c1=O. The molecule has 0 bridgehead atoms. The van der Waals surface area contributed by atoms with Gasteiger partial charge in [0.1, 0.15) is 17.1 Å². The molecule has 0 radical (unpaired) electrons. The van der Waals surface area contributed by atoms with Crippen molar-refractivity contribution in [2.24, 2.45) is 0 Å². The van der Waals surface area contributed by atoms with Gasteiger partial charge in [-0.15, -0.1) is 0 Å². The molecule has 0 spiro atoms. The van der Waals surface area contributed by atoms with Crippen molar-refractivity contribution < 1.29 is 9.90 Å². The second kappa shape index (κ2) is 14.7. The van der Waals surface area contributed by atoms with Crippen LogP contribution in [0.25, 0.3) is 22.1 Å². The summed E-state index contributed by atoms with van der Waals surface area (Å²) in [5, 5.41) is 11.7. The summed E-state index contributed by atoms with van der Waals surface area (Å²) < 4.78 is 0. The number of H-pyrrole nitrogens is 2. The lowest BCUT2D eigenvalue weighted by Gasteiger charge is -2.36. The lowest BCUT2D eigenvalue weighted by Crippen LogP contribution is -2.46. The summed E-state index contributed by atoms with van der Waals surface area (Å²) in [6, 6.07) is 11.5. The predicted octanol–water partition coefficient (Wildman–Crippen LogP) is 3.16. The lowest BCUT2D eigenvalue weighted by molar-refractivity contribution is 0.0958. The summed E-state index contributed by atoms with van der Waals surface area (Å²) in [6.45, 7) is 12.2. The molecule has 0 unspecified atom stereocenters. The minimum atomic E-state index is -0.176. The number of aromatic amines is 2. The number of anilines is 1. The van der Waals surface area contributed by atoms with Crippen molar-refractivity contribution in [3.8, 4) is 0 Å². The number of amides is 1. The number of benzene rings is 2. The van der Waals surface area contributed by atoms with Crippen LogP contribution in [0.4, 0.5) is 5.69 Å². The summed E-state index contributed by atoms with van der Waals surface area (Å²) >= 11 is 0. The van der Waals surface area contributed by atoms with Gasteiger partial charge < -0.3 is 25.3 Å². The molecule has 4 N–H and O–H groups in total. The highest BCUT2D eigenvalue weighted by Gasteiger charge is 2.19. The van der Waals surface area contributed by atoms with Crippen LogP contribution in [0.2, 0.25) is 0 Å². The van der Waals surface area contributed by atoms with Crippen molar-refractivity contribution in [3.05, 3.63) is 103 Å². The van der Waals surface area contributed by atoms with Gasteiger partial charge in [0.15, 0.2) is 0 Å². The third-order valence-corrected chi connectivity index (χ3v) is 8.80. The summed E-state index contributed by atoms with van der Waals surface area (Å²) in [7, 11) is 1.60. The average Bonchev–Trinajstić information content (AvgIpc) is 3.10. The number of fused-ring (bicyclic) bond motifs is 2. The molecule has 47 heavy (non-hydrogen) atoms. The molecule has 1 aliphatic rings. The maximum Gasteiger partial charge on any atom is 0.270 e. The molecule has 0 aliphatic carbocycles. The number of aryl methyl sites for hydroxylation is 4. The number of carbonyl (C=O) groups is 1. The van der Waals surface area contributed by atoms with E-state index < -0.39 is 0 Å². The first-order valence-corrected chi connectivity index (χ1v) is 16.0. The van der Waals surface area contributed by atoms with Gasteiger partial charge in [-0.2, -0.15) is 0 Å². The van der Waals surface area contributed by atoms with E-state index in [1.165, 1.54) is 5.56 Å². The average molecular weight is 639 g/mol. The Morgan fingerprint density at radius 3 is 1.87 bits per heavy atom. The van der Waals surface area contributed by atoms with Crippen molar-refractivity contribution in [2.75, 3.05) is 38.1 Å². The molecular formula is C35H42N8O4. The molecule has 12 heteroatoms. The maximum absolute atomic E-state index is 12.2. The van der Waals surface area contributed by atoms with Crippen LogP contribution in [-0.2, 0) is 26.0 Å². The van der Waals surface area contributed by atoms with E-state index in [1.54, 1.807) is 19.3 Å². The molecular weight excluding hydrogens is 596 g/mol. The van der Waals surface area contributed by atoms with Crippen LogP contribution in [0.1, 0.15) is 58.0 Å². The Labute approximate surface area is 272 Å². The molecule has 2 aromatic carbocycles. The topological polar surface area (TPSA) is 160 Å². The van der Waals surface area contributed by atoms with Gasteiger partial charge in [0.25, 0.3) is 17.0 Å². The number of hydrogen-bond acceptors (Lipinski definition) is 9. The van der Waals surface area contributed by atoms with E-state index in [-0.39, 0.29) is 23.6 Å². The Balaban J connectivity index is 0.000000227. The molecule has 1 amide bonds. The van der Waals surface area contributed by atoms with Crippen LogP contribution >= 0.6 is 0 Å². The van der Waals surface area contributed by atoms with E-state index in [0.29, 0.717) is 35.4 Å². The van der Waals surface area contributed by atoms with E-state index in [4.69, 9.17) is 5.11 Å². The minimum absolute atomic E-state index is 0.0284. The van der Waals surface area contributed by atoms with Crippen LogP contribution < -0.4 is 21.3 Å². The van der Waals surface area contributed by atoms with E-state index in [2.05, 4.69) is 53.0 Å². The molecule has 246 valence electrons. The highest BCUT2D eigenvalue weighted by atomic mass is 16.3. The second-order valence-corrected chi connectivity index (χ2v) is 11.6. The Kier molecular flexibility index (Phi) is 10.4. The largest absolute Gasteiger partial charge is 0.392 e. The van der Waals surface area contributed by atoms with Gasteiger partial charge in [-0.25, -0.2) is 15.0 Å². The second-order valence-electron chi connectivity index (χ2n) is 11.6. The first-order valence-electron chi connectivity index (χ1n) is 16.0. The van der Waals surface area contributed by atoms with Crippen molar-refractivity contribution in [2.45, 2.75) is 53.7 Å². The zero-order chi connectivity index (χ0) is 33.7. The number of rotatable bonds is 7. The third-order valence-electron chi connectivity index (χ3n) is 8.80. The zero-order valence-corrected chi connectivity index (χ0v) is 27.6. The molecule has 0 saturated carbocycles. The summed E-state index contributed by atoms with van der Waals surface area (Å²) in [5.74, 6) is -0.176. The van der Waals surface area contributed by atoms with Crippen molar-refractivity contribution in [1.82, 2.24) is 35.1 Å². The lowest BCUT2D eigenvalue weighted by atomic mass is 10.1. The molecule has 12 nitrogen and oxygen atoms in total. The fraction of sp³-hybridized carbons (Fsp3) is 0.371. The van der Waals surface area contributed by atoms with Crippen molar-refractivity contribution in [3.63, 3.8) is 0 Å². The van der Waals surface area contributed by atoms with Crippen LogP contribution in [0, 0.1) is 13.8 Å². The van der Waals surface area contributed by atoms with Gasteiger partial charge in [-0.3, -0.25) is 19.3 Å². The number of carbonyl (C=O) groups excluding carboxylic acids is 1. The number of aromatic nitrogens is 5. The van der Waals surface area contributed by atoms with E-state index in [1.807, 2.05) is 45.0 Å². The molecule has 0 atom stereocenters. The zero-order valence-electron chi connectivity index (χ0n) is 27.6. The van der Waals surface area contributed by atoms with E-state index in [9.17, 15) is 14.4 Å². The Morgan fingerprint density at radius 2 is 1.38 bits per heavy atom. The van der Waals surface area contributed by atoms with Gasteiger partial charge in [0.2, 0.25) is 0 Å². The van der Waals surface area contributed by atoms with E-state index in [0.717, 1.165) is 71.7 Å². The number of nitrogens with zero attached hydrogens (tertiary/aromatic N) is 5. The highest BCUT2D eigenvalue weighted by molar-refractivity contribution is 5.92. The fourth-order valence-electron chi connectivity index (χ4n) is 5.81. The van der Waals surface area contributed by atoms with Crippen LogP contribution in [0.3, 0.4) is 0 Å². The molecule has 1 aliphatic heterocycles. The van der Waals surface area contributed by atoms with Gasteiger partial charge in [0, 0.05) is 39.8 Å². The summed E-state index contributed by atoms with van der Waals surface area (Å²) in [5.41, 5.74) is 9.49. The minimum Gasteiger partial charge on any atom is -0.392 e. The number of pyridine rings is 1. The number of aliphatic hydroxyl groups is 1. The van der Waals surface area contributed by atoms with Crippen molar-refractivity contribution >= 4 is 33.7 Å². The molecule has 5 aromatic rings. The normalized spacial score (nSPS) is 13.4. The smallest absolute Gasteiger partial charge is 0.270 e. The van der Waals surface area contributed by atoms with Gasteiger partial charge in [0.05, 0.1) is 40.6 Å². The van der Waals surface area contributed by atoms with Crippen LogP contribution in [0.15, 0.2) is 52.2 Å². The maximum atomic E-state index is 12.2. The summed E-state index contributed by atoms with van der Waals surface area (Å²) in [4.78, 5) is 59.1. The fourth-order valence-corrected chi connectivity index (χ4v) is 5.81. The van der Waals surface area contributed by atoms with Crippen molar-refractivity contribution in [1.29, 1.82) is 0 Å². The number of hydrogen-bond donors (Lipinski definition) is 4. The number of aliphatic hydroxyl groups excluding tert-OH is 1. The standard InChI is InChI=1S/C23H28N6O2.C12H14N2O2/c1-4-18-23(31)27-21-15(2)16(5-7-19(21)26-18)14-28-9-11-29(12-10-28)17-6-8-20(25-13-17)22(30)24-3;1-3-9-12(16)14-11-7(2)8(6-15)4-5-10(11)13-9/h5-8,13H,4,9-12,14H2,1-3H3,(H,24,30)(H,27,31);4-5,15H,3,6H2,1-2H3,(H,14,16). The monoisotopic (exact) mass is 638 g/mol. The molecule has 6 rings (SSSR count). The Morgan fingerprint density at radius 1 is 0.830 bits per heavy atom. The first-order chi connectivity index (χ1) is 22.7. The molecule has 1 saturated heterocycles. The van der Waals surface area contributed by atoms with Crippen LogP contribution in [0.5, 0.6) is 0 Å². The van der Waals surface area contributed by atoms with E-state index >= 15 is 0 Å².